The Labute approximate surface area is 151 Å². The number of hydrogen-bond donors (Lipinski definition) is 2. The molecule has 0 saturated heterocycles. The van der Waals surface area contributed by atoms with Gasteiger partial charge >= 0.3 is 5.97 Å². The van der Waals surface area contributed by atoms with E-state index in [0.29, 0.717) is 11.5 Å². The molecule has 3 rings (SSSR count). The van der Waals surface area contributed by atoms with Gasteiger partial charge in [0.2, 0.25) is 0 Å². The van der Waals surface area contributed by atoms with Gasteiger partial charge in [0.05, 0.1) is 25.6 Å². The van der Waals surface area contributed by atoms with Crippen LogP contribution in [0, 0.1) is 0 Å². The van der Waals surface area contributed by atoms with Crippen LogP contribution >= 0.6 is 0 Å². The number of ether oxygens (including phenoxy) is 2. The molecule has 6 heteroatoms. The molecule has 134 valence electrons. The number of methoxy groups -OCH3 is 2. The molecule has 0 aliphatic rings. The van der Waals surface area contributed by atoms with Crippen molar-refractivity contribution in [3.8, 4) is 34.0 Å². The van der Waals surface area contributed by atoms with Gasteiger partial charge in [0.1, 0.15) is 23.2 Å². The van der Waals surface area contributed by atoms with E-state index in [1.165, 1.54) is 0 Å². The normalized spacial score (nSPS) is 11.8. The third-order valence-corrected chi connectivity index (χ3v) is 4.24. The van der Waals surface area contributed by atoms with Crippen LogP contribution in [0.4, 0.5) is 0 Å². The first-order valence-corrected chi connectivity index (χ1v) is 8.15. The van der Waals surface area contributed by atoms with Crippen molar-refractivity contribution >= 4 is 5.97 Å². The summed E-state index contributed by atoms with van der Waals surface area (Å²) in [5, 5.41) is 9.32. The smallest absolute Gasteiger partial charge is 0.313 e. The fourth-order valence-corrected chi connectivity index (χ4v) is 2.64. The minimum Gasteiger partial charge on any atom is -0.497 e. The first-order valence-electron chi connectivity index (χ1n) is 8.15. The molecule has 0 spiro atoms. The lowest BCUT2D eigenvalue weighted by Gasteiger charge is -2.06. The van der Waals surface area contributed by atoms with E-state index in [1.54, 1.807) is 21.1 Å². The Bertz CT molecular complexity index is 834. The van der Waals surface area contributed by atoms with Crippen LogP contribution in [-0.2, 0) is 4.79 Å². The number of benzene rings is 2. The fraction of sp³-hybridized carbons (Fsp3) is 0.200. The number of carboxylic acids is 1. The summed E-state index contributed by atoms with van der Waals surface area (Å²) >= 11 is 0. The van der Waals surface area contributed by atoms with E-state index < -0.39 is 11.9 Å². The monoisotopic (exact) mass is 352 g/mol. The highest BCUT2D eigenvalue weighted by Crippen LogP contribution is 2.33. The molecule has 1 atom stereocenters. The molecule has 1 unspecified atom stereocenters. The molecule has 0 aliphatic heterocycles. The van der Waals surface area contributed by atoms with E-state index in [4.69, 9.17) is 9.47 Å². The van der Waals surface area contributed by atoms with Crippen LogP contribution in [0.25, 0.3) is 22.5 Å². The van der Waals surface area contributed by atoms with Crippen molar-refractivity contribution in [1.82, 2.24) is 9.97 Å². The Morgan fingerprint density at radius 1 is 0.962 bits per heavy atom. The zero-order chi connectivity index (χ0) is 18.7. The maximum Gasteiger partial charge on any atom is 0.313 e. The van der Waals surface area contributed by atoms with Gasteiger partial charge in [-0.15, -0.1) is 0 Å². The quantitative estimate of drug-likeness (QED) is 0.702. The molecular formula is C20H20N2O4. The van der Waals surface area contributed by atoms with Crippen molar-refractivity contribution in [3.05, 3.63) is 54.4 Å². The summed E-state index contributed by atoms with van der Waals surface area (Å²) in [7, 11) is 3.22. The van der Waals surface area contributed by atoms with Crippen LogP contribution in [0.5, 0.6) is 11.5 Å². The average Bonchev–Trinajstić information content (AvgIpc) is 3.12. The van der Waals surface area contributed by atoms with Gasteiger partial charge < -0.3 is 19.6 Å². The fourth-order valence-electron chi connectivity index (χ4n) is 2.64. The minimum absolute atomic E-state index is 0.411. The predicted octanol–water partition coefficient (Wildman–Crippen LogP) is 3.95. The highest BCUT2D eigenvalue weighted by Gasteiger charge is 2.22. The van der Waals surface area contributed by atoms with Gasteiger partial charge in [-0.05, 0) is 55.5 Å². The molecule has 0 fully saturated rings. The molecule has 0 bridgehead atoms. The van der Waals surface area contributed by atoms with Gasteiger partial charge in [-0.25, -0.2) is 4.98 Å². The van der Waals surface area contributed by atoms with Crippen LogP contribution in [0.15, 0.2) is 48.5 Å². The van der Waals surface area contributed by atoms with E-state index in [-0.39, 0.29) is 0 Å². The molecule has 1 heterocycles. The standard InChI is InChI=1S/C20H20N2O4/c1-12(20(23)24)19-21-17(13-4-8-15(25-2)9-5-13)18(22-19)14-6-10-16(26-3)11-7-14/h4-12H,1-3H3,(H,21,22)(H,23,24). The van der Waals surface area contributed by atoms with Crippen LogP contribution in [0.2, 0.25) is 0 Å². The lowest BCUT2D eigenvalue weighted by atomic mass is 10.0. The van der Waals surface area contributed by atoms with Crippen molar-refractivity contribution in [2.75, 3.05) is 14.2 Å². The Balaban J connectivity index is 2.11. The van der Waals surface area contributed by atoms with Crippen molar-refractivity contribution < 1.29 is 19.4 Å². The van der Waals surface area contributed by atoms with Crippen molar-refractivity contribution in [3.63, 3.8) is 0 Å². The van der Waals surface area contributed by atoms with Crippen LogP contribution < -0.4 is 9.47 Å². The van der Waals surface area contributed by atoms with Crippen LogP contribution in [0.3, 0.4) is 0 Å². The second-order valence-corrected chi connectivity index (χ2v) is 5.86. The number of rotatable bonds is 6. The summed E-state index contributed by atoms with van der Waals surface area (Å²) in [5.41, 5.74) is 3.23. The molecule has 3 aromatic rings. The van der Waals surface area contributed by atoms with Crippen molar-refractivity contribution in [1.29, 1.82) is 0 Å². The van der Waals surface area contributed by atoms with E-state index in [2.05, 4.69) is 9.97 Å². The number of nitrogens with one attached hydrogen (secondary N) is 1. The van der Waals surface area contributed by atoms with Gasteiger partial charge in [0.15, 0.2) is 0 Å². The molecule has 0 saturated carbocycles. The number of hydrogen-bond acceptors (Lipinski definition) is 4. The van der Waals surface area contributed by atoms with Crippen LogP contribution in [-0.4, -0.2) is 35.3 Å². The summed E-state index contributed by atoms with van der Waals surface area (Å²) < 4.78 is 10.4. The maximum absolute atomic E-state index is 11.4. The van der Waals surface area contributed by atoms with Gasteiger partial charge in [-0.3, -0.25) is 4.79 Å². The first kappa shape index (κ1) is 17.5. The molecule has 26 heavy (non-hydrogen) atoms. The Morgan fingerprint density at radius 2 is 1.46 bits per heavy atom. The largest absolute Gasteiger partial charge is 0.497 e. The molecular weight excluding hydrogens is 332 g/mol. The molecule has 0 amide bonds. The second kappa shape index (κ2) is 7.31. The zero-order valence-corrected chi connectivity index (χ0v) is 14.8. The molecule has 0 aliphatic carbocycles. The third kappa shape index (κ3) is 3.39. The minimum atomic E-state index is -0.929. The maximum atomic E-state index is 11.4. The zero-order valence-electron chi connectivity index (χ0n) is 14.8. The SMILES string of the molecule is COc1ccc(-c2nc(C(C)C(=O)O)[nH]c2-c2ccc(OC)cc2)cc1. The summed E-state index contributed by atoms with van der Waals surface area (Å²) in [6.07, 6.45) is 0. The van der Waals surface area contributed by atoms with Gasteiger partial charge in [-0.1, -0.05) is 0 Å². The summed E-state index contributed by atoms with van der Waals surface area (Å²) in [6.45, 7) is 1.61. The predicted molar refractivity (Wildman–Crippen MR) is 98.6 cm³/mol. The molecule has 2 aromatic carbocycles. The second-order valence-electron chi connectivity index (χ2n) is 5.86. The lowest BCUT2D eigenvalue weighted by Crippen LogP contribution is -2.08. The highest BCUT2D eigenvalue weighted by atomic mass is 16.5. The van der Waals surface area contributed by atoms with Crippen molar-refractivity contribution in [2.24, 2.45) is 0 Å². The Morgan fingerprint density at radius 3 is 1.92 bits per heavy atom. The van der Waals surface area contributed by atoms with Gasteiger partial charge in [0, 0.05) is 11.1 Å². The summed E-state index contributed by atoms with van der Waals surface area (Å²) in [6, 6.07) is 15.0. The van der Waals surface area contributed by atoms with Crippen LogP contribution in [0.1, 0.15) is 18.7 Å². The molecule has 2 N–H and O–H groups in total. The molecule has 6 nitrogen and oxygen atoms in total. The number of carbonyl (C=O) groups is 1. The van der Waals surface area contributed by atoms with E-state index in [1.807, 2.05) is 48.5 Å². The van der Waals surface area contributed by atoms with E-state index in [9.17, 15) is 9.90 Å². The lowest BCUT2D eigenvalue weighted by molar-refractivity contribution is -0.138. The number of H-pyrrole nitrogens is 1. The third-order valence-electron chi connectivity index (χ3n) is 4.24. The van der Waals surface area contributed by atoms with Gasteiger partial charge in [0.25, 0.3) is 0 Å². The summed E-state index contributed by atoms with van der Waals surface area (Å²) in [5.74, 6) is 0.238. The number of aliphatic carboxylic acids is 1. The summed E-state index contributed by atoms with van der Waals surface area (Å²) in [4.78, 5) is 19.1. The first-order chi connectivity index (χ1) is 12.5. The average molecular weight is 352 g/mol. The number of imidazole rings is 1. The number of carboxylic acid groups (broad SMARTS) is 1. The van der Waals surface area contributed by atoms with E-state index >= 15 is 0 Å². The molecule has 0 radical (unpaired) electrons. The highest BCUT2D eigenvalue weighted by molar-refractivity contribution is 5.81. The topological polar surface area (TPSA) is 84.4 Å². The van der Waals surface area contributed by atoms with Crippen molar-refractivity contribution in [2.45, 2.75) is 12.8 Å². The molecule has 1 aromatic heterocycles. The number of aromatic amines is 1. The van der Waals surface area contributed by atoms with E-state index in [0.717, 1.165) is 28.3 Å². The van der Waals surface area contributed by atoms with Gasteiger partial charge in [-0.2, -0.15) is 0 Å². The number of aromatic nitrogens is 2. The Hall–Kier alpha value is -3.28. The Kier molecular flexibility index (Phi) is 4.93. The number of nitrogens with zero attached hydrogens (tertiary/aromatic N) is 1.